The van der Waals surface area contributed by atoms with E-state index in [1.165, 1.54) is 32.1 Å². The predicted molar refractivity (Wildman–Crippen MR) is 71.7 cm³/mol. The molecule has 1 aliphatic heterocycles. The van der Waals surface area contributed by atoms with E-state index in [4.69, 9.17) is 14.5 Å². The van der Waals surface area contributed by atoms with Crippen LogP contribution in [0.25, 0.3) is 0 Å². The number of carbonyl (C=O) groups is 1. The van der Waals surface area contributed by atoms with Gasteiger partial charge in [-0.25, -0.2) is 0 Å². The maximum absolute atomic E-state index is 11.5. The molecule has 1 heterocycles. The highest BCUT2D eigenvalue weighted by Crippen LogP contribution is 2.79. The molecule has 4 nitrogen and oxygen atoms in total. The van der Waals surface area contributed by atoms with E-state index in [0.29, 0.717) is 48.7 Å². The molecule has 5 saturated carbocycles. The van der Waals surface area contributed by atoms with E-state index >= 15 is 0 Å². The highest BCUT2D eigenvalue weighted by Gasteiger charge is 2.77. The van der Waals surface area contributed by atoms with E-state index in [0.717, 1.165) is 11.8 Å². The van der Waals surface area contributed by atoms with Crippen LogP contribution in [0.4, 0.5) is 0 Å². The molecule has 6 aliphatic rings. The minimum Gasteiger partial charge on any atom is -0.312 e. The van der Waals surface area contributed by atoms with Gasteiger partial charge in [0.2, 0.25) is 11.6 Å². The lowest BCUT2D eigenvalue weighted by atomic mass is 9.56. The Morgan fingerprint density at radius 3 is 2.14 bits per heavy atom. The quantitative estimate of drug-likeness (QED) is 0.643. The Morgan fingerprint density at radius 1 is 0.857 bits per heavy atom. The van der Waals surface area contributed by atoms with E-state index in [1.807, 2.05) is 0 Å². The lowest BCUT2D eigenvalue weighted by Crippen LogP contribution is -2.50. The molecular weight excluding hydrogens is 268 g/mol. The smallest absolute Gasteiger partial charge is 0.210 e. The summed E-state index contributed by atoms with van der Waals surface area (Å²) in [6, 6.07) is 0. The van der Waals surface area contributed by atoms with Crippen molar-refractivity contribution < 1.29 is 19.3 Å². The minimum atomic E-state index is -0.622. The lowest BCUT2D eigenvalue weighted by molar-refractivity contribution is -0.373. The van der Waals surface area contributed by atoms with E-state index in [1.54, 1.807) is 0 Å². The van der Waals surface area contributed by atoms with Crippen molar-refractivity contribution in [2.45, 2.75) is 69.4 Å². The molecule has 0 amide bonds. The Morgan fingerprint density at radius 2 is 1.48 bits per heavy atom. The molecular formula is C17H22O4. The maximum atomic E-state index is 11.5. The van der Waals surface area contributed by atoms with Crippen molar-refractivity contribution in [2.75, 3.05) is 0 Å². The number of ether oxygens (including phenoxy) is 1. The van der Waals surface area contributed by atoms with Gasteiger partial charge < -0.3 is 4.74 Å². The Bertz CT molecular complexity index is 507. The van der Waals surface area contributed by atoms with Gasteiger partial charge in [0.25, 0.3) is 0 Å². The summed E-state index contributed by atoms with van der Waals surface area (Å²) in [6.45, 7) is 0. The second-order valence-electron chi connectivity index (χ2n) is 8.58. The third-order valence-corrected chi connectivity index (χ3v) is 7.96. The molecule has 3 spiro atoms. The Kier molecular flexibility index (Phi) is 1.94. The van der Waals surface area contributed by atoms with Gasteiger partial charge in [0, 0.05) is 37.5 Å². The number of hydrogen-bond acceptors (Lipinski definition) is 4. The number of rotatable bonds is 0. The Labute approximate surface area is 124 Å². The molecule has 5 aliphatic carbocycles. The van der Waals surface area contributed by atoms with Crippen LogP contribution in [0.3, 0.4) is 0 Å². The topological polar surface area (TPSA) is 44.8 Å². The van der Waals surface area contributed by atoms with Crippen LogP contribution in [0, 0.1) is 29.1 Å². The van der Waals surface area contributed by atoms with Gasteiger partial charge in [0.05, 0.1) is 0 Å². The molecule has 114 valence electrons. The van der Waals surface area contributed by atoms with Crippen molar-refractivity contribution >= 4 is 5.78 Å². The van der Waals surface area contributed by atoms with Gasteiger partial charge in [0.1, 0.15) is 5.78 Å². The standard InChI is InChI=1S/C17H22O4/c18-14-1-3-16(4-2-14)19-17(21-20-16)12-6-10-5-11-7-13(17)9-15(10,11)8-12/h10-13H,1-9H2. The fraction of sp³-hybridized carbons (Fsp3) is 0.941. The van der Waals surface area contributed by atoms with Crippen LogP contribution in [0.2, 0.25) is 0 Å². The molecule has 0 N–H and O–H groups in total. The van der Waals surface area contributed by atoms with E-state index in [2.05, 4.69) is 0 Å². The molecule has 0 aromatic heterocycles. The third-order valence-electron chi connectivity index (χ3n) is 7.96. The Hall–Kier alpha value is -0.450. The second kappa shape index (κ2) is 3.39. The molecule has 0 radical (unpaired) electrons. The average molecular weight is 290 g/mol. The van der Waals surface area contributed by atoms with Gasteiger partial charge in [-0.05, 0) is 49.4 Å². The summed E-state index contributed by atoms with van der Waals surface area (Å²) in [6.07, 6.45) is 9.05. The van der Waals surface area contributed by atoms with E-state index < -0.39 is 11.6 Å². The fourth-order valence-electron chi connectivity index (χ4n) is 6.98. The molecule has 4 heteroatoms. The zero-order chi connectivity index (χ0) is 13.9. The van der Waals surface area contributed by atoms with Gasteiger partial charge >= 0.3 is 0 Å². The summed E-state index contributed by atoms with van der Waals surface area (Å²) < 4.78 is 6.60. The van der Waals surface area contributed by atoms with E-state index in [9.17, 15) is 4.79 Å². The van der Waals surface area contributed by atoms with Crippen LogP contribution >= 0.6 is 0 Å². The highest BCUT2D eigenvalue weighted by atomic mass is 17.3. The first kappa shape index (κ1) is 12.0. The molecule has 1 saturated heterocycles. The van der Waals surface area contributed by atoms with Crippen LogP contribution < -0.4 is 0 Å². The summed E-state index contributed by atoms with van der Waals surface area (Å²) in [5, 5.41) is 0. The SMILES string of the molecule is O=C1CCC2(CC1)OOC1(O2)C2CC3CC4CC1CC34C2. The van der Waals surface area contributed by atoms with E-state index in [-0.39, 0.29) is 0 Å². The number of carbonyl (C=O) groups excluding carboxylic acids is 1. The number of ketones is 1. The first-order valence-electron chi connectivity index (χ1n) is 8.73. The maximum Gasteiger partial charge on any atom is 0.210 e. The van der Waals surface area contributed by atoms with Gasteiger partial charge in [-0.15, -0.1) is 0 Å². The molecule has 4 unspecified atom stereocenters. The van der Waals surface area contributed by atoms with Crippen molar-refractivity contribution in [3.8, 4) is 0 Å². The van der Waals surface area contributed by atoms with Crippen molar-refractivity contribution in [3.05, 3.63) is 0 Å². The molecule has 3 bridgehead atoms. The minimum absolute atomic E-state index is 0.333. The molecule has 6 fully saturated rings. The van der Waals surface area contributed by atoms with Crippen LogP contribution in [-0.2, 0) is 19.3 Å². The number of fused-ring (bicyclic) bond motifs is 4. The lowest BCUT2D eigenvalue weighted by Gasteiger charge is -2.49. The van der Waals surface area contributed by atoms with Gasteiger partial charge in [-0.1, -0.05) is 0 Å². The molecule has 6 rings (SSSR count). The highest BCUT2D eigenvalue weighted by molar-refractivity contribution is 5.79. The first-order valence-corrected chi connectivity index (χ1v) is 8.73. The molecule has 0 aromatic rings. The molecule has 21 heavy (non-hydrogen) atoms. The zero-order valence-electron chi connectivity index (χ0n) is 12.3. The monoisotopic (exact) mass is 290 g/mol. The summed E-state index contributed by atoms with van der Waals surface area (Å²) in [5.74, 6) is 2.12. The normalized spacial score (nSPS) is 59.0. The Balaban J connectivity index is 1.35. The van der Waals surface area contributed by atoms with Crippen molar-refractivity contribution in [1.29, 1.82) is 0 Å². The van der Waals surface area contributed by atoms with Crippen LogP contribution in [0.5, 0.6) is 0 Å². The third kappa shape index (κ3) is 1.21. The molecule has 4 atom stereocenters. The number of hydrogen-bond donors (Lipinski definition) is 0. The summed E-state index contributed by atoms with van der Waals surface area (Å²) in [4.78, 5) is 23.3. The van der Waals surface area contributed by atoms with Crippen molar-refractivity contribution in [2.24, 2.45) is 29.1 Å². The van der Waals surface area contributed by atoms with Crippen molar-refractivity contribution in [3.63, 3.8) is 0 Å². The number of Topliss-reactive ketones (excluding diaryl/α,β-unsaturated/α-hetero) is 1. The largest absolute Gasteiger partial charge is 0.312 e. The first-order chi connectivity index (χ1) is 10.1. The van der Waals surface area contributed by atoms with Gasteiger partial charge in [0.15, 0.2) is 0 Å². The molecule has 0 aromatic carbocycles. The summed E-state index contributed by atoms with van der Waals surface area (Å²) in [5.41, 5.74) is 0.658. The fourth-order valence-corrected chi connectivity index (χ4v) is 6.98. The van der Waals surface area contributed by atoms with Gasteiger partial charge in [-0.3, -0.25) is 4.79 Å². The average Bonchev–Trinajstić information content (AvgIpc) is 3.05. The van der Waals surface area contributed by atoms with Crippen LogP contribution in [-0.4, -0.2) is 17.4 Å². The van der Waals surface area contributed by atoms with Crippen molar-refractivity contribution in [1.82, 2.24) is 0 Å². The van der Waals surface area contributed by atoms with Gasteiger partial charge in [-0.2, -0.15) is 9.78 Å². The second-order valence-corrected chi connectivity index (χ2v) is 8.58. The summed E-state index contributed by atoms with van der Waals surface area (Å²) in [7, 11) is 0. The zero-order valence-corrected chi connectivity index (χ0v) is 12.3. The predicted octanol–water partition coefficient (Wildman–Crippen LogP) is 2.96. The van der Waals surface area contributed by atoms with Crippen LogP contribution in [0.1, 0.15) is 57.8 Å². The van der Waals surface area contributed by atoms with Crippen LogP contribution in [0.15, 0.2) is 0 Å². The summed E-state index contributed by atoms with van der Waals surface area (Å²) >= 11 is 0.